The van der Waals surface area contributed by atoms with E-state index >= 15 is 0 Å². The van der Waals surface area contributed by atoms with Gasteiger partial charge in [-0.15, -0.1) is 0 Å². The lowest BCUT2D eigenvalue weighted by Crippen LogP contribution is -2.15. The third kappa shape index (κ3) is 11.2. The number of nitrogens with zero attached hydrogens (tertiary/aromatic N) is 1. The molecule has 90 valence electrons. The van der Waals surface area contributed by atoms with Crippen LogP contribution >= 0.6 is 0 Å². The van der Waals surface area contributed by atoms with Gasteiger partial charge in [-0.25, -0.2) is 0 Å². The van der Waals surface area contributed by atoms with Crippen LogP contribution in [0.15, 0.2) is 23.9 Å². The third-order valence-electron chi connectivity index (χ3n) is 2.10. The van der Waals surface area contributed by atoms with Gasteiger partial charge in [-0.2, -0.15) is 0 Å². The van der Waals surface area contributed by atoms with E-state index in [1.54, 1.807) is 7.11 Å². The number of hydrogen-bond acceptors (Lipinski definition) is 2. The van der Waals surface area contributed by atoms with E-state index < -0.39 is 0 Å². The normalized spacial score (nSPS) is 11.2. The van der Waals surface area contributed by atoms with Gasteiger partial charge in [0.25, 0.3) is 0 Å². The summed E-state index contributed by atoms with van der Waals surface area (Å²) in [6, 6.07) is 0. The van der Waals surface area contributed by atoms with Crippen LogP contribution in [0.4, 0.5) is 0 Å². The number of rotatable bonds is 5. The van der Waals surface area contributed by atoms with Crippen LogP contribution in [0.2, 0.25) is 0 Å². The molecule has 0 aromatic heterocycles. The second-order valence-electron chi connectivity index (χ2n) is 3.13. The molecule has 2 heteroatoms. The highest BCUT2D eigenvalue weighted by Crippen LogP contribution is 2.05. The Hall–Kier alpha value is -0.760. The van der Waals surface area contributed by atoms with E-state index in [2.05, 4.69) is 48.8 Å². The summed E-state index contributed by atoms with van der Waals surface area (Å²) in [6.07, 6.45) is 7.42. The Bertz CT molecular complexity index is 171. The van der Waals surface area contributed by atoms with Crippen LogP contribution in [0.3, 0.4) is 0 Å². The predicted molar refractivity (Wildman–Crippen MR) is 69.0 cm³/mol. The summed E-state index contributed by atoms with van der Waals surface area (Å²) < 4.78 is 4.54. The topological polar surface area (TPSA) is 12.5 Å². The van der Waals surface area contributed by atoms with Crippen molar-refractivity contribution in [1.82, 2.24) is 4.90 Å². The van der Waals surface area contributed by atoms with E-state index in [0.717, 1.165) is 19.6 Å². The quantitative estimate of drug-likeness (QED) is 0.648. The highest BCUT2D eigenvalue weighted by atomic mass is 16.5. The molecule has 0 radical (unpaired) electrons. The number of hydrogen-bond donors (Lipinski definition) is 0. The SMILES string of the molecule is C/C=C\C=C(CC)N(C)CC.CCOC. The maximum Gasteiger partial charge on any atom is 0.0433 e. The van der Waals surface area contributed by atoms with Crippen LogP contribution < -0.4 is 0 Å². The molecule has 0 aromatic rings. The van der Waals surface area contributed by atoms with Crippen LogP contribution in [0.5, 0.6) is 0 Å². The molecule has 0 fully saturated rings. The van der Waals surface area contributed by atoms with Crippen LogP contribution in [0, 0.1) is 0 Å². The standard InChI is InChI=1S/C10H19N.C3H8O/c1-5-8-9-10(6-2)11(4)7-3;1-3-4-2/h5,8-9H,6-7H2,1-4H3;3H2,1-2H3/b8-5-,10-9?;. The van der Waals surface area contributed by atoms with Crippen LogP contribution in [0.25, 0.3) is 0 Å². The number of allylic oxidation sites excluding steroid dienone is 4. The molecule has 0 aliphatic heterocycles. The van der Waals surface area contributed by atoms with Gasteiger partial charge in [0.2, 0.25) is 0 Å². The lowest BCUT2D eigenvalue weighted by Gasteiger charge is -2.18. The summed E-state index contributed by atoms with van der Waals surface area (Å²) in [5.74, 6) is 0. The predicted octanol–water partition coefficient (Wildman–Crippen LogP) is 3.46. The molecule has 0 aliphatic carbocycles. The van der Waals surface area contributed by atoms with Crippen molar-refractivity contribution >= 4 is 0 Å². The van der Waals surface area contributed by atoms with Gasteiger partial charge in [0.1, 0.15) is 0 Å². The molecule has 0 heterocycles. The largest absolute Gasteiger partial charge is 0.385 e. The second-order valence-corrected chi connectivity index (χ2v) is 3.13. The lowest BCUT2D eigenvalue weighted by atomic mass is 10.3. The molecule has 2 nitrogen and oxygen atoms in total. The molecule has 0 atom stereocenters. The van der Waals surface area contributed by atoms with E-state index in [1.165, 1.54) is 5.70 Å². The Morgan fingerprint density at radius 3 is 2.07 bits per heavy atom. The summed E-state index contributed by atoms with van der Waals surface area (Å²) in [5.41, 5.74) is 1.39. The van der Waals surface area contributed by atoms with Gasteiger partial charge in [-0.1, -0.05) is 19.1 Å². The van der Waals surface area contributed by atoms with Gasteiger partial charge in [0, 0.05) is 33.0 Å². The average Bonchev–Trinajstić information content (AvgIpc) is 2.30. The first kappa shape index (κ1) is 16.7. The molecule has 0 aliphatic rings. The van der Waals surface area contributed by atoms with Crippen molar-refractivity contribution in [2.45, 2.75) is 34.1 Å². The minimum absolute atomic E-state index is 0.819. The molecule has 0 spiro atoms. The molecular formula is C13H27NO. The van der Waals surface area contributed by atoms with Crippen molar-refractivity contribution in [3.8, 4) is 0 Å². The van der Waals surface area contributed by atoms with Gasteiger partial charge in [-0.05, 0) is 33.3 Å². The van der Waals surface area contributed by atoms with Crippen molar-refractivity contribution in [3.63, 3.8) is 0 Å². The van der Waals surface area contributed by atoms with E-state index in [1.807, 2.05) is 13.8 Å². The molecule has 0 aromatic carbocycles. The highest BCUT2D eigenvalue weighted by Gasteiger charge is 1.95. The van der Waals surface area contributed by atoms with E-state index in [0.29, 0.717) is 0 Å². The zero-order chi connectivity index (χ0) is 12.1. The molecule has 0 saturated carbocycles. The summed E-state index contributed by atoms with van der Waals surface area (Å²) in [6.45, 7) is 10.2. The van der Waals surface area contributed by atoms with Crippen LogP contribution in [-0.2, 0) is 4.74 Å². The minimum atomic E-state index is 0.819. The first-order valence-corrected chi connectivity index (χ1v) is 5.69. The highest BCUT2D eigenvalue weighted by molar-refractivity contribution is 5.10. The maximum absolute atomic E-state index is 4.54. The van der Waals surface area contributed by atoms with Crippen molar-refractivity contribution in [1.29, 1.82) is 0 Å². The second kappa shape index (κ2) is 13.2. The fraction of sp³-hybridized carbons (Fsp3) is 0.692. The van der Waals surface area contributed by atoms with Gasteiger partial charge in [0.15, 0.2) is 0 Å². The third-order valence-corrected chi connectivity index (χ3v) is 2.10. The van der Waals surface area contributed by atoms with Crippen LogP contribution in [-0.4, -0.2) is 32.2 Å². The van der Waals surface area contributed by atoms with Gasteiger partial charge in [0.05, 0.1) is 0 Å². The zero-order valence-electron chi connectivity index (χ0n) is 11.2. The van der Waals surface area contributed by atoms with E-state index in [9.17, 15) is 0 Å². The molecule has 0 rings (SSSR count). The zero-order valence-corrected chi connectivity index (χ0v) is 11.2. The Balaban J connectivity index is 0. The molecule has 0 amide bonds. The Kier molecular flexibility index (Phi) is 14.7. The molecule has 0 saturated heterocycles. The Morgan fingerprint density at radius 2 is 1.80 bits per heavy atom. The molecule has 0 unspecified atom stereocenters. The molecule has 15 heavy (non-hydrogen) atoms. The fourth-order valence-corrected chi connectivity index (χ4v) is 0.925. The number of ether oxygens (including phenoxy) is 1. The monoisotopic (exact) mass is 213 g/mol. The molecule has 0 N–H and O–H groups in total. The van der Waals surface area contributed by atoms with Gasteiger partial charge in [-0.3, -0.25) is 0 Å². The Morgan fingerprint density at radius 1 is 1.27 bits per heavy atom. The summed E-state index contributed by atoms with van der Waals surface area (Å²) in [4.78, 5) is 2.26. The average molecular weight is 213 g/mol. The molecule has 0 bridgehead atoms. The number of methoxy groups -OCH3 is 1. The minimum Gasteiger partial charge on any atom is -0.385 e. The van der Waals surface area contributed by atoms with Gasteiger partial charge < -0.3 is 9.64 Å². The van der Waals surface area contributed by atoms with Crippen molar-refractivity contribution < 1.29 is 4.74 Å². The van der Waals surface area contributed by atoms with Crippen molar-refractivity contribution in [2.75, 3.05) is 27.3 Å². The van der Waals surface area contributed by atoms with Crippen molar-refractivity contribution in [3.05, 3.63) is 23.9 Å². The summed E-state index contributed by atoms with van der Waals surface area (Å²) in [5, 5.41) is 0. The summed E-state index contributed by atoms with van der Waals surface area (Å²) >= 11 is 0. The first-order valence-electron chi connectivity index (χ1n) is 5.69. The van der Waals surface area contributed by atoms with E-state index in [-0.39, 0.29) is 0 Å². The smallest absolute Gasteiger partial charge is 0.0433 e. The molecular weight excluding hydrogens is 186 g/mol. The fourth-order valence-electron chi connectivity index (χ4n) is 0.925. The van der Waals surface area contributed by atoms with E-state index in [4.69, 9.17) is 0 Å². The maximum atomic E-state index is 4.54. The lowest BCUT2D eigenvalue weighted by molar-refractivity contribution is 0.215. The van der Waals surface area contributed by atoms with Crippen LogP contribution in [0.1, 0.15) is 34.1 Å². The Labute approximate surface area is 95.6 Å². The van der Waals surface area contributed by atoms with Gasteiger partial charge >= 0.3 is 0 Å². The summed E-state index contributed by atoms with van der Waals surface area (Å²) in [7, 11) is 3.80. The van der Waals surface area contributed by atoms with Crippen molar-refractivity contribution in [2.24, 2.45) is 0 Å². The first-order chi connectivity index (χ1) is 7.17.